The van der Waals surface area contributed by atoms with Crippen LogP contribution in [0.1, 0.15) is 45.4 Å². The Labute approximate surface area is 84.7 Å². The van der Waals surface area contributed by atoms with Gasteiger partial charge in [-0.25, -0.2) is 0 Å². The van der Waals surface area contributed by atoms with E-state index < -0.39 is 10.8 Å². The van der Waals surface area contributed by atoms with Gasteiger partial charge < -0.3 is 5.73 Å². The Bertz CT molecular complexity index is 128. The van der Waals surface area contributed by atoms with Crippen LogP contribution in [0.3, 0.4) is 0 Å². The number of hydrogen-bond acceptors (Lipinski definition) is 2. The predicted octanol–water partition coefficient (Wildman–Crippen LogP) is 2.05. The molecule has 0 saturated carbocycles. The van der Waals surface area contributed by atoms with Crippen molar-refractivity contribution in [3.8, 4) is 0 Å². The molecule has 3 heteroatoms. The number of hydrogen-bond donors (Lipinski definition) is 1. The van der Waals surface area contributed by atoms with Gasteiger partial charge in [-0.15, -0.1) is 0 Å². The van der Waals surface area contributed by atoms with Crippen LogP contribution in [0.4, 0.5) is 0 Å². The highest BCUT2D eigenvalue weighted by molar-refractivity contribution is 7.84. The van der Waals surface area contributed by atoms with Gasteiger partial charge in [0.1, 0.15) is 0 Å². The molecule has 0 aliphatic rings. The quantitative estimate of drug-likeness (QED) is 0.585. The lowest BCUT2D eigenvalue weighted by molar-refractivity contribution is 0.622. The van der Waals surface area contributed by atoms with E-state index in [2.05, 4.69) is 6.92 Å². The summed E-state index contributed by atoms with van der Waals surface area (Å²) in [6.45, 7) is 2.78. The van der Waals surface area contributed by atoms with E-state index in [0.717, 1.165) is 12.2 Å². The Morgan fingerprint density at radius 1 is 1.00 bits per heavy atom. The maximum atomic E-state index is 11.2. The summed E-state index contributed by atoms with van der Waals surface area (Å²) in [6, 6.07) is 0. The fraction of sp³-hybridized carbons (Fsp3) is 1.00. The van der Waals surface area contributed by atoms with Gasteiger partial charge in [-0.3, -0.25) is 4.21 Å². The second-order valence-corrected chi connectivity index (χ2v) is 5.10. The first-order valence-corrected chi connectivity index (χ1v) is 6.85. The Hall–Kier alpha value is 0.110. The van der Waals surface area contributed by atoms with Gasteiger partial charge in [0.25, 0.3) is 0 Å². The van der Waals surface area contributed by atoms with Gasteiger partial charge in [-0.05, 0) is 6.42 Å². The average molecular weight is 205 g/mol. The average Bonchev–Trinajstić information content (AvgIpc) is 2.11. The lowest BCUT2D eigenvalue weighted by atomic mass is 10.1. The summed E-state index contributed by atoms with van der Waals surface area (Å²) in [5, 5.41) is 0. The molecule has 0 heterocycles. The van der Waals surface area contributed by atoms with Gasteiger partial charge in [0, 0.05) is 28.9 Å². The largest absolute Gasteiger partial charge is 0.330 e. The van der Waals surface area contributed by atoms with Crippen LogP contribution in [0.5, 0.6) is 0 Å². The fourth-order valence-corrected chi connectivity index (χ4v) is 2.27. The van der Waals surface area contributed by atoms with Crippen LogP contribution in [0.25, 0.3) is 0 Å². The van der Waals surface area contributed by atoms with E-state index in [9.17, 15) is 4.21 Å². The lowest BCUT2D eigenvalue weighted by Crippen LogP contribution is -2.12. The molecule has 0 spiro atoms. The van der Waals surface area contributed by atoms with Gasteiger partial charge in [-0.1, -0.05) is 39.0 Å². The molecule has 0 bridgehead atoms. The molecular formula is C10H23NOS. The smallest absolute Gasteiger partial charge is 0.0357 e. The summed E-state index contributed by atoms with van der Waals surface area (Å²) >= 11 is 0. The van der Waals surface area contributed by atoms with Crippen LogP contribution < -0.4 is 5.73 Å². The molecule has 0 aliphatic heterocycles. The topological polar surface area (TPSA) is 43.1 Å². The molecule has 0 aromatic carbocycles. The van der Waals surface area contributed by atoms with Crippen LogP contribution in [0, 0.1) is 0 Å². The van der Waals surface area contributed by atoms with Gasteiger partial charge in [-0.2, -0.15) is 0 Å². The predicted molar refractivity (Wildman–Crippen MR) is 60.3 cm³/mol. The van der Waals surface area contributed by atoms with E-state index in [4.69, 9.17) is 5.73 Å². The SMILES string of the molecule is CCCCCCCCS(=O)CCN. The molecule has 0 saturated heterocycles. The number of nitrogens with two attached hydrogens (primary N) is 1. The zero-order valence-corrected chi connectivity index (χ0v) is 9.57. The van der Waals surface area contributed by atoms with Crippen LogP contribution in [0.2, 0.25) is 0 Å². The van der Waals surface area contributed by atoms with Crippen molar-refractivity contribution in [2.45, 2.75) is 45.4 Å². The van der Waals surface area contributed by atoms with Crippen LogP contribution in [0.15, 0.2) is 0 Å². The zero-order valence-electron chi connectivity index (χ0n) is 8.76. The normalized spacial score (nSPS) is 13.1. The van der Waals surface area contributed by atoms with Crippen molar-refractivity contribution in [2.24, 2.45) is 5.73 Å². The molecular weight excluding hydrogens is 182 g/mol. The van der Waals surface area contributed by atoms with Crippen LogP contribution in [-0.2, 0) is 10.8 Å². The van der Waals surface area contributed by atoms with E-state index in [1.165, 1.54) is 32.1 Å². The lowest BCUT2D eigenvalue weighted by Gasteiger charge is -2.00. The Morgan fingerprint density at radius 3 is 2.23 bits per heavy atom. The highest BCUT2D eigenvalue weighted by atomic mass is 32.2. The molecule has 13 heavy (non-hydrogen) atoms. The van der Waals surface area contributed by atoms with Crippen molar-refractivity contribution in [1.29, 1.82) is 0 Å². The minimum Gasteiger partial charge on any atom is -0.330 e. The minimum absolute atomic E-state index is 0.558. The third-order valence-electron chi connectivity index (χ3n) is 2.07. The first-order valence-electron chi connectivity index (χ1n) is 5.36. The Balaban J connectivity index is 3.02. The van der Waals surface area contributed by atoms with Gasteiger partial charge in [0.15, 0.2) is 0 Å². The molecule has 2 N–H and O–H groups in total. The molecule has 0 aromatic rings. The van der Waals surface area contributed by atoms with Gasteiger partial charge in [0.2, 0.25) is 0 Å². The molecule has 80 valence electrons. The third kappa shape index (κ3) is 10.0. The van der Waals surface area contributed by atoms with E-state index in [1.54, 1.807) is 0 Å². The third-order valence-corrected chi connectivity index (χ3v) is 3.51. The molecule has 0 aliphatic carbocycles. The van der Waals surface area contributed by atoms with Crippen molar-refractivity contribution in [1.82, 2.24) is 0 Å². The first-order chi connectivity index (χ1) is 6.31. The molecule has 0 amide bonds. The summed E-state index contributed by atoms with van der Waals surface area (Å²) < 4.78 is 11.2. The summed E-state index contributed by atoms with van der Waals surface area (Å²) in [4.78, 5) is 0. The van der Waals surface area contributed by atoms with Crippen molar-refractivity contribution in [2.75, 3.05) is 18.1 Å². The first kappa shape index (κ1) is 13.1. The maximum Gasteiger partial charge on any atom is 0.0357 e. The van der Waals surface area contributed by atoms with Gasteiger partial charge in [0.05, 0.1) is 0 Å². The number of rotatable bonds is 9. The monoisotopic (exact) mass is 205 g/mol. The Morgan fingerprint density at radius 2 is 1.62 bits per heavy atom. The van der Waals surface area contributed by atoms with E-state index in [1.807, 2.05) is 0 Å². The van der Waals surface area contributed by atoms with Crippen molar-refractivity contribution >= 4 is 10.8 Å². The van der Waals surface area contributed by atoms with Gasteiger partial charge >= 0.3 is 0 Å². The molecule has 1 unspecified atom stereocenters. The molecule has 2 nitrogen and oxygen atoms in total. The van der Waals surface area contributed by atoms with Crippen molar-refractivity contribution in [3.05, 3.63) is 0 Å². The maximum absolute atomic E-state index is 11.2. The fourth-order valence-electron chi connectivity index (χ4n) is 1.28. The van der Waals surface area contributed by atoms with Crippen molar-refractivity contribution < 1.29 is 4.21 Å². The molecule has 0 fully saturated rings. The Kier molecular flexibility index (Phi) is 10.3. The summed E-state index contributed by atoms with van der Waals surface area (Å²) in [6.07, 6.45) is 7.60. The summed E-state index contributed by atoms with van der Waals surface area (Å²) in [5.41, 5.74) is 5.31. The second kappa shape index (κ2) is 10.2. The second-order valence-electron chi connectivity index (χ2n) is 3.40. The van der Waals surface area contributed by atoms with Crippen LogP contribution >= 0.6 is 0 Å². The van der Waals surface area contributed by atoms with E-state index >= 15 is 0 Å². The van der Waals surface area contributed by atoms with Crippen molar-refractivity contribution in [3.63, 3.8) is 0 Å². The van der Waals surface area contributed by atoms with E-state index in [0.29, 0.717) is 12.3 Å². The summed E-state index contributed by atoms with van der Waals surface area (Å²) in [7, 11) is -0.652. The summed E-state index contributed by atoms with van der Waals surface area (Å²) in [5.74, 6) is 1.53. The zero-order chi connectivity index (χ0) is 9.94. The minimum atomic E-state index is -0.652. The highest BCUT2D eigenvalue weighted by Gasteiger charge is 1.97. The standard InChI is InChI=1S/C10H23NOS/c1-2-3-4-5-6-7-9-13(12)10-8-11/h2-11H2,1H3. The molecule has 0 aromatic heterocycles. The molecule has 0 radical (unpaired) electrons. The van der Waals surface area contributed by atoms with Crippen LogP contribution in [-0.4, -0.2) is 22.3 Å². The molecule has 1 atom stereocenters. The number of unbranched alkanes of at least 4 members (excludes halogenated alkanes) is 5. The molecule has 0 rings (SSSR count). The van der Waals surface area contributed by atoms with E-state index in [-0.39, 0.29) is 0 Å². The highest BCUT2D eigenvalue weighted by Crippen LogP contribution is 2.05.